The van der Waals surface area contributed by atoms with Gasteiger partial charge in [-0.3, -0.25) is 4.79 Å². The largest absolute Gasteiger partial charge is 0.489 e. The van der Waals surface area contributed by atoms with Crippen molar-refractivity contribution >= 4 is 11.6 Å². The average Bonchev–Trinajstić information content (AvgIpc) is 3.41. The number of para-hydroxylation sites is 1. The molecule has 2 aromatic heterocycles. The second-order valence-corrected chi connectivity index (χ2v) is 8.67. The van der Waals surface area contributed by atoms with E-state index in [4.69, 9.17) is 4.74 Å². The molecule has 2 aromatic carbocycles. The van der Waals surface area contributed by atoms with Crippen LogP contribution in [0.15, 0.2) is 61.2 Å². The Morgan fingerprint density at radius 3 is 2.94 bits per heavy atom. The van der Waals surface area contributed by atoms with E-state index in [2.05, 4.69) is 14.9 Å². The predicted octanol–water partition coefficient (Wildman–Crippen LogP) is 5.31. The number of fused-ring (bicyclic) bond motifs is 3. The molecule has 1 amide bonds. The third-order valence-electron chi connectivity index (χ3n) is 6.35. The zero-order valence-corrected chi connectivity index (χ0v) is 18.2. The molecule has 3 heterocycles. The summed E-state index contributed by atoms with van der Waals surface area (Å²) in [6.07, 6.45) is 8.02. The van der Waals surface area contributed by atoms with Gasteiger partial charge in [0.05, 0.1) is 41.2 Å². The van der Waals surface area contributed by atoms with E-state index in [-0.39, 0.29) is 5.56 Å². The number of aromatic nitrogens is 3. The first kappa shape index (κ1) is 19.8. The maximum Gasteiger partial charge on any atom is 0.258 e. The van der Waals surface area contributed by atoms with Crippen LogP contribution in [0.4, 0.5) is 10.1 Å². The molecule has 1 aliphatic heterocycles. The van der Waals surface area contributed by atoms with E-state index in [0.29, 0.717) is 30.5 Å². The van der Waals surface area contributed by atoms with Crippen molar-refractivity contribution in [1.82, 2.24) is 14.1 Å². The molecular weight excluding hydrogens is 419 g/mol. The van der Waals surface area contributed by atoms with Crippen molar-refractivity contribution in [2.45, 2.75) is 32.2 Å². The second kappa shape index (κ2) is 7.62. The maximum atomic E-state index is 14.9. The van der Waals surface area contributed by atoms with Crippen molar-refractivity contribution in [2.24, 2.45) is 0 Å². The summed E-state index contributed by atoms with van der Waals surface area (Å²) < 4.78 is 24.9. The van der Waals surface area contributed by atoms with Crippen LogP contribution in [-0.2, 0) is 6.54 Å². The van der Waals surface area contributed by atoms with Crippen molar-refractivity contribution in [3.05, 3.63) is 83.8 Å². The van der Waals surface area contributed by atoms with E-state index in [1.165, 1.54) is 6.07 Å². The Morgan fingerprint density at radius 1 is 1.21 bits per heavy atom. The van der Waals surface area contributed by atoms with Gasteiger partial charge in [0.25, 0.3) is 5.91 Å². The van der Waals surface area contributed by atoms with Gasteiger partial charge in [-0.1, -0.05) is 6.07 Å². The third-order valence-corrected chi connectivity index (χ3v) is 6.35. The molecule has 0 spiro atoms. The normalized spacial score (nSPS) is 14.7. The number of hydrogen-bond acceptors (Lipinski definition) is 3. The minimum atomic E-state index is -0.562. The predicted molar refractivity (Wildman–Crippen MR) is 124 cm³/mol. The molecule has 33 heavy (non-hydrogen) atoms. The molecule has 1 fully saturated rings. The van der Waals surface area contributed by atoms with Gasteiger partial charge in [-0.15, -0.1) is 0 Å². The standard InChI is InChI=1S/C26H23FN4O2/c1-16-12-20(27)19(13-24(16)31-14-22(28-15-31)17-7-8-17)26(32)29-21-5-2-4-18-23-6-3-9-30(23)10-11-33-25(18)21/h2-6,9,12-15,17H,7-8,10-11H2,1H3,(H,29,32). The molecule has 166 valence electrons. The van der Waals surface area contributed by atoms with Crippen LogP contribution >= 0.6 is 0 Å². The zero-order chi connectivity index (χ0) is 22.5. The quantitative estimate of drug-likeness (QED) is 0.466. The molecular formula is C26H23FN4O2. The molecule has 0 unspecified atom stereocenters. The van der Waals surface area contributed by atoms with Crippen LogP contribution in [0.25, 0.3) is 16.9 Å². The lowest BCUT2D eigenvalue weighted by molar-refractivity contribution is 0.102. The summed E-state index contributed by atoms with van der Waals surface area (Å²) in [5.74, 6) is 0.0324. The van der Waals surface area contributed by atoms with E-state index < -0.39 is 11.7 Å². The molecule has 0 bridgehead atoms. The monoisotopic (exact) mass is 442 g/mol. The number of halogens is 1. The van der Waals surface area contributed by atoms with Crippen molar-refractivity contribution in [1.29, 1.82) is 0 Å². The first-order valence-electron chi connectivity index (χ1n) is 11.2. The highest BCUT2D eigenvalue weighted by molar-refractivity contribution is 6.06. The lowest BCUT2D eigenvalue weighted by Crippen LogP contribution is -2.16. The summed E-state index contributed by atoms with van der Waals surface area (Å²) >= 11 is 0. The number of rotatable bonds is 4. The lowest BCUT2D eigenvalue weighted by atomic mass is 10.1. The Bertz CT molecular complexity index is 1380. The number of amides is 1. The zero-order valence-electron chi connectivity index (χ0n) is 18.2. The van der Waals surface area contributed by atoms with E-state index in [9.17, 15) is 9.18 Å². The Labute approximate surface area is 190 Å². The molecule has 0 saturated heterocycles. The smallest absolute Gasteiger partial charge is 0.258 e. The molecule has 1 saturated carbocycles. The maximum absolute atomic E-state index is 14.9. The number of nitrogens with one attached hydrogen (secondary N) is 1. The summed E-state index contributed by atoms with van der Waals surface area (Å²) in [7, 11) is 0. The molecule has 7 heteroatoms. The number of carbonyl (C=O) groups is 1. The highest BCUT2D eigenvalue weighted by Crippen LogP contribution is 2.40. The van der Waals surface area contributed by atoms with Crippen LogP contribution in [0, 0.1) is 12.7 Å². The van der Waals surface area contributed by atoms with Gasteiger partial charge in [-0.25, -0.2) is 9.37 Å². The number of hydrogen-bond donors (Lipinski definition) is 1. The fourth-order valence-corrected chi connectivity index (χ4v) is 4.46. The van der Waals surface area contributed by atoms with Gasteiger partial charge >= 0.3 is 0 Å². The van der Waals surface area contributed by atoms with Gasteiger partial charge in [0.2, 0.25) is 0 Å². The van der Waals surface area contributed by atoms with Gasteiger partial charge in [0, 0.05) is 23.9 Å². The van der Waals surface area contributed by atoms with Crippen LogP contribution in [0.2, 0.25) is 0 Å². The Hall–Kier alpha value is -3.87. The highest BCUT2D eigenvalue weighted by Gasteiger charge is 2.26. The highest BCUT2D eigenvalue weighted by atomic mass is 19.1. The Balaban J connectivity index is 1.34. The van der Waals surface area contributed by atoms with Gasteiger partial charge in [-0.05, 0) is 61.7 Å². The van der Waals surface area contributed by atoms with Crippen molar-refractivity contribution in [2.75, 3.05) is 11.9 Å². The van der Waals surface area contributed by atoms with E-state index in [1.807, 2.05) is 48.1 Å². The number of aryl methyl sites for hydroxylation is 1. The average molecular weight is 442 g/mol. The van der Waals surface area contributed by atoms with Crippen molar-refractivity contribution in [3.63, 3.8) is 0 Å². The Morgan fingerprint density at radius 2 is 2.09 bits per heavy atom. The van der Waals surface area contributed by atoms with E-state index in [0.717, 1.165) is 41.0 Å². The van der Waals surface area contributed by atoms with E-state index >= 15 is 0 Å². The summed E-state index contributed by atoms with van der Waals surface area (Å²) in [6, 6.07) is 12.6. The molecule has 0 atom stereocenters. The first-order valence-corrected chi connectivity index (χ1v) is 11.2. The molecule has 0 radical (unpaired) electrons. The van der Waals surface area contributed by atoms with E-state index in [1.54, 1.807) is 18.5 Å². The molecule has 1 N–H and O–H groups in total. The van der Waals surface area contributed by atoms with Crippen LogP contribution in [-0.4, -0.2) is 26.6 Å². The number of carbonyl (C=O) groups excluding carboxylic acids is 1. The Kier molecular flexibility index (Phi) is 4.57. The van der Waals surface area contributed by atoms with Crippen LogP contribution in [0.3, 0.4) is 0 Å². The van der Waals surface area contributed by atoms with Crippen molar-refractivity contribution < 1.29 is 13.9 Å². The summed E-state index contributed by atoms with van der Waals surface area (Å²) in [6.45, 7) is 3.03. The van der Waals surface area contributed by atoms with Crippen LogP contribution in [0.1, 0.15) is 40.4 Å². The fraction of sp³-hybridized carbons (Fsp3) is 0.231. The third kappa shape index (κ3) is 3.50. The van der Waals surface area contributed by atoms with Crippen molar-refractivity contribution in [3.8, 4) is 22.7 Å². The van der Waals surface area contributed by atoms with Gasteiger partial charge in [0.1, 0.15) is 12.4 Å². The second-order valence-electron chi connectivity index (χ2n) is 8.67. The van der Waals surface area contributed by atoms with Crippen LogP contribution in [0.5, 0.6) is 5.75 Å². The molecule has 4 aromatic rings. The molecule has 2 aliphatic rings. The SMILES string of the molecule is Cc1cc(F)c(C(=O)Nc2cccc3c2OCCn2cccc2-3)cc1-n1cnc(C2CC2)c1. The van der Waals surface area contributed by atoms with Gasteiger partial charge in [0.15, 0.2) is 5.75 Å². The van der Waals surface area contributed by atoms with Crippen LogP contribution < -0.4 is 10.1 Å². The summed E-state index contributed by atoms with van der Waals surface area (Å²) in [5, 5.41) is 2.87. The first-order chi connectivity index (χ1) is 16.1. The molecule has 1 aliphatic carbocycles. The van der Waals surface area contributed by atoms with Gasteiger partial charge in [-0.2, -0.15) is 0 Å². The summed E-state index contributed by atoms with van der Waals surface area (Å²) in [4.78, 5) is 17.7. The fourth-order valence-electron chi connectivity index (χ4n) is 4.46. The number of nitrogens with zero attached hydrogens (tertiary/aromatic N) is 3. The number of ether oxygens (including phenoxy) is 1. The number of anilines is 1. The molecule has 6 nitrogen and oxygen atoms in total. The molecule has 6 rings (SSSR count). The lowest BCUT2D eigenvalue weighted by Gasteiger charge is -2.15. The number of benzene rings is 2. The summed E-state index contributed by atoms with van der Waals surface area (Å²) in [5.41, 5.74) is 4.93. The van der Waals surface area contributed by atoms with Gasteiger partial charge < -0.3 is 19.2 Å². The topological polar surface area (TPSA) is 61.1 Å². The minimum absolute atomic E-state index is 0.0214. The number of imidazole rings is 1. The minimum Gasteiger partial charge on any atom is -0.489 e.